The Kier molecular flexibility index (Phi) is 5.63. The molecular formula is C16H21ClN4O2. The Bertz CT molecular complexity index is 648. The molecule has 1 aliphatic heterocycles. The summed E-state index contributed by atoms with van der Waals surface area (Å²) in [5.41, 5.74) is 7.91. The molecule has 0 atom stereocenters. The van der Waals surface area contributed by atoms with Crippen molar-refractivity contribution in [1.82, 2.24) is 15.0 Å². The van der Waals surface area contributed by atoms with Crippen LogP contribution in [0.15, 0.2) is 34.9 Å². The quantitative estimate of drug-likeness (QED) is 0.867. The van der Waals surface area contributed by atoms with Crippen LogP contribution >= 0.6 is 12.4 Å². The fourth-order valence-corrected chi connectivity index (χ4v) is 2.63. The van der Waals surface area contributed by atoms with E-state index in [1.54, 1.807) is 24.3 Å². The molecule has 1 aromatic heterocycles. The highest BCUT2D eigenvalue weighted by Crippen LogP contribution is 2.13. The standard InChI is InChI=1S/C16H20N4O2.ClH/c1-12-10-15(22-18-12)11-19-6-8-20(9-7-19)16(21)13-2-4-14(17)5-3-13;/h2-5,10H,6-9,11,17H2,1H3;1H. The normalized spacial score (nSPS) is 15.3. The van der Waals surface area contributed by atoms with Crippen molar-refractivity contribution in [1.29, 1.82) is 0 Å². The van der Waals surface area contributed by atoms with Gasteiger partial charge in [-0.2, -0.15) is 0 Å². The van der Waals surface area contributed by atoms with Gasteiger partial charge in [0.15, 0.2) is 5.76 Å². The first-order valence-electron chi connectivity index (χ1n) is 7.41. The van der Waals surface area contributed by atoms with E-state index in [1.807, 2.05) is 17.9 Å². The molecule has 7 heteroatoms. The fraction of sp³-hybridized carbons (Fsp3) is 0.375. The first-order valence-corrected chi connectivity index (χ1v) is 7.41. The third-order valence-corrected chi connectivity index (χ3v) is 3.87. The van der Waals surface area contributed by atoms with Crippen LogP contribution in [0.1, 0.15) is 21.8 Å². The van der Waals surface area contributed by atoms with Crippen molar-refractivity contribution < 1.29 is 9.32 Å². The molecule has 0 saturated carbocycles. The van der Waals surface area contributed by atoms with Gasteiger partial charge >= 0.3 is 0 Å². The van der Waals surface area contributed by atoms with Crippen LogP contribution in [0.3, 0.4) is 0 Å². The molecule has 23 heavy (non-hydrogen) atoms. The zero-order chi connectivity index (χ0) is 15.5. The number of piperazine rings is 1. The number of hydrogen-bond donors (Lipinski definition) is 1. The summed E-state index contributed by atoms with van der Waals surface area (Å²) in [6.45, 7) is 5.76. The number of aromatic nitrogens is 1. The largest absolute Gasteiger partial charge is 0.399 e. The Hall–Kier alpha value is -2.05. The number of amides is 1. The van der Waals surface area contributed by atoms with E-state index in [4.69, 9.17) is 10.3 Å². The summed E-state index contributed by atoms with van der Waals surface area (Å²) in [4.78, 5) is 16.6. The number of nitrogens with two attached hydrogens (primary N) is 1. The Labute approximate surface area is 141 Å². The molecule has 2 N–H and O–H groups in total. The SMILES string of the molecule is Cc1cc(CN2CCN(C(=O)c3ccc(N)cc3)CC2)on1.Cl. The molecule has 0 radical (unpaired) electrons. The van der Waals surface area contributed by atoms with Gasteiger partial charge in [0, 0.05) is 43.5 Å². The molecule has 2 aromatic rings. The molecule has 1 fully saturated rings. The zero-order valence-corrected chi connectivity index (χ0v) is 13.9. The lowest BCUT2D eigenvalue weighted by Gasteiger charge is -2.34. The van der Waals surface area contributed by atoms with E-state index in [0.717, 1.165) is 44.2 Å². The lowest BCUT2D eigenvalue weighted by Crippen LogP contribution is -2.48. The molecule has 0 bridgehead atoms. The summed E-state index contributed by atoms with van der Waals surface area (Å²) < 4.78 is 5.24. The number of nitrogens with zero attached hydrogens (tertiary/aromatic N) is 3. The van der Waals surface area contributed by atoms with Crippen molar-refractivity contribution in [2.75, 3.05) is 31.9 Å². The minimum atomic E-state index is 0. The summed E-state index contributed by atoms with van der Waals surface area (Å²) in [7, 11) is 0. The number of rotatable bonds is 3. The second-order valence-electron chi connectivity index (χ2n) is 5.62. The second kappa shape index (κ2) is 7.48. The lowest BCUT2D eigenvalue weighted by atomic mass is 10.1. The predicted octanol–water partition coefficient (Wildman–Crippen LogP) is 1.95. The molecule has 0 unspecified atom stereocenters. The zero-order valence-electron chi connectivity index (χ0n) is 13.1. The Morgan fingerprint density at radius 2 is 1.87 bits per heavy atom. The molecule has 1 saturated heterocycles. The van der Waals surface area contributed by atoms with Crippen molar-refractivity contribution in [3.63, 3.8) is 0 Å². The van der Waals surface area contributed by atoms with E-state index in [2.05, 4.69) is 10.1 Å². The van der Waals surface area contributed by atoms with E-state index in [0.29, 0.717) is 11.3 Å². The van der Waals surface area contributed by atoms with E-state index >= 15 is 0 Å². The van der Waals surface area contributed by atoms with Gasteiger partial charge in [0.2, 0.25) is 0 Å². The van der Waals surface area contributed by atoms with Crippen molar-refractivity contribution in [3.05, 3.63) is 47.3 Å². The molecule has 3 rings (SSSR count). The molecule has 1 aromatic carbocycles. The Morgan fingerprint density at radius 1 is 1.22 bits per heavy atom. The molecule has 124 valence electrons. The van der Waals surface area contributed by atoms with Crippen LogP contribution in [0.4, 0.5) is 5.69 Å². The minimum Gasteiger partial charge on any atom is -0.399 e. The number of hydrogen-bond acceptors (Lipinski definition) is 5. The number of anilines is 1. The molecule has 1 amide bonds. The van der Waals surface area contributed by atoms with Crippen molar-refractivity contribution >= 4 is 24.0 Å². The summed E-state index contributed by atoms with van der Waals surface area (Å²) in [6.07, 6.45) is 0. The number of carbonyl (C=O) groups excluding carboxylic acids is 1. The van der Waals surface area contributed by atoms with Gasteiger partial charge in [0.25, 0.3) is 5.91 Å². The summed E-state index contributed by atoms with van der Waals surface area (Å²) in [5.74, 6) is 0.936. The maximum absolute atomic E-state index is 12.4. The van der Waals surface area contributed by atoms with Crippen LogP contribution < -0.4 is 5.73 Å². The summed E-state index contributed by atoms with van der Waals surface area (Å²) >= 11 is 0. The highest BCUT2D eigenvalue weighted by Gasteiger charge is 2.22. The molecule has 0 spiro atoms. The third-order valence-electron chi connectivity index (χ3n) is 3.87. The number of aryl methyl sites for hydroxylation is 1. The van der Waals surface area contributed by atoms with E-state index in [9.17, 15) is 4.79 Å². The highest BCUT2D eigenvalue weighted by molar-refractivity contribution is 5.94. The van der Waals surface area contributed by atoms with Crippen LogP contribution in [0.25, 0.3) is 0 Å². The lowest BCUT2D eigenvalue weighted by molar-refractivity contribution is 0.0617. The van der Waals surface area contributed by atoms with Crippen molar-refractivity contribution in [3.8, 4) is 0 Å². The molecule has 0 aliphatic carbocycles. The topological polar surface area (TPSA) is 75.6 Å². The van der Waals surface area contributed by atoms with Gasteiger partial charge in [-0.15, -0.1) is 12.4 Å². The highest BCUT2D eigenvalue weighted by atomic mass is 35.5. The number of halogens is 1. The van der Waals surface area contributed by atoms with Crippen LogP contribution in [-0.2, 0) is 6.54 Å². The van der Waals surface area contributed by atoms with Gasteiger partial charge in [-0.05, 0) is 31.2 Å². The van der Waals surface area contributed by atoms with Crippen molar-refractivity contribution in [2.24, 2.45) is 0 Å². The summed E-state index contributed by atoms with van der Waals surface area (Å²) in [6, 6.07) is 9.03. The van der Waals surface area contributed by atoms with Gasteiger partial charge < -0.3 is 15.2 Å². The molecule has 2 heterocycles. The van der Waals surface area contributed by atoms with Crippen LogP contribution in [-0.4, -0.2) is 47.0 Å². The molecule has 1 aliphatic rings. The molecular weight excluding hydrogens is 316 g/mol. The van der Waals surface area contributed by atoms with Gasteiger partial charge in [0.05, 0.1) is 12.2 Å². The predicted molar refractivity (Wildman–Crippen MR) is 90.5 cm³/mol. The number of nitrogen functional groups attached to an aromatic ring is 1. The van der Waals surface area contributed by atoms with Crippen LogP contribution in [0, 0.1) is 6.92 Å². The monoisotopic (exact) mass is 336 g/mol. The first-order chi connectivity index (χ1) is 10.6. The minimum absolute atomic E-state index is 0. The second-order valence-corrected chi connectivity index (χ2v) is 5.62. The number of carbonyl (C=O) groups is 1. The maximum atomic E-state index is 12.4. The number of benzene rings is 1. The van der Waals surface area contributed by atoms with Gasteiger partial charge in [-0.1, -0.05) is 5.16 Å². The first kappa shape index (κ1) is 17.3. The summed E-state index contributed by atoms with van der Waals surface area (Å²) in [5, 5.41) is 3.90. The van der Waals surface area contributed by atoms with Crippen LogP contribution in [0.5, 0.6) is 0 Å². The van der Waals surface area contributed by atoms with Gasteiger partial charge in [-0.3, -0.25) is 9.69 Å². The van der Waals surface area contributed by atoms with E-state index in [1.165, 1.54) is 0 Å². The van der Waals surface area contributed by atoms with E-state index in [-0.39, 0.29) is 18.3 Å². The fourth-order valence-electron chi connectivity index (χ4n) is 2.63. The van der Waals surface area contributed by atoms with Gasteiger partial charge in [0.1, 0.15) is 0 Å². The smallest absolute Gasteiger partial charge is 0.253 e. The van der Waals surface area contributed by atoms with Crippen molar-refractivity contribution in [2.45, 2.75) is 13.5 Å². The molecule has 6 nitrogen and oxygen atoms in total. The van der Waals surface area contributed by atoms with E-state index < -0.39 is 0 Å². The third kappa shape index (κ3) is 4.24. The Morgan fingerprint density at radius 3 is 2.43 bits per heavy atom. The average molecular weight is 337 g/mol. The van der Waals surface area contributed by atoms with Gasteiger partial charge in [-0.25, -0.2) is 0 Å². The maximum Gasteiger partial charge on any atom is 0.253 e. The van der Waals surface area contributed by atoms with Crippen LogP contribution in [0.2, 0.25) is 0 Å². The Balaban J connectivity index is 0.00000192. The average Bonchev–Trinajstić information content (AvgIpc) is 2.93.